The Labute approximate surface area is 186 Å². The molecule has 0 unspecified atom stereocenters. The Kier molecular flexibility index (Phi) is 7.71. The minimum atomic E-state index is -3.70. The first-order valence-electron chi connectivity index (χ1n) is 9.46. The zero-order valence-electron chi connectivity index (χ0n) is 16.7. The van der Waals surface area contributed by atoms with E-state index >= 15 is 0 Å². The van der Waals surface area contributed by atoms with E-state index in [-0.39, 0.29) is 4.90 Å². The molecule has 9 heteroatoms. The highest BCUT2D eigenvalue weighted by atomic mass is 35.5. The molecule has 1 atom stereocenters. The summed E-state index contributed by atoms with van der Waals surface area (Å²) in [4.78, 5) is 0.155. The monoisotopic (exact) mass is 462 g/mol. The maximum absolute atomic E-state index is 12.7. The van der Waals surface area contributed by atoms with Crippen LogP contribution < -0.4 is 4.72 Å². The third-order valence-electron chi connectivity index (χ3n) is 4.32. The summed E-state index contributed by atoms with van der Waals surface area (Å²) in [6, 6.07) is 15.6. The van der Waals surface area contributed by atoms with Crippen LogP contribution in [0.15, 0.2) is 70.7 Å². The van der Waals surface area contributed by atoms with Gasteiger partial charge in [-0.05, 0) is 43.7 Å². The van der Waals surface area contributed by atoms with Crippen molar-refractivity contribution in [2.45, 2.75) is 36.5 Å². The van der Waals surface area contributed by atoms with E-state index in [0.717, 1.165) is 16.5 Å². The summed E-state index contributed by atoms with van der Waals surface area (Å²) in [5.41, 5.74) is 1.14. The number of sulfonamides is 1. The van der Waals surface area contributed by atoms with Crippen LogP contribution in [0, 0.1) is 0 Å². The quantitative estimate of drug-likeness (QED) is 0.462. The Morgan fingerprint density at radius 3 is 2.50 bits per heavy atom. The van der Waals surface area contributed by atoms with Crippen molar-refractivity contribution < 1.29 is 8.42 Å². The lowest BCUT2D eigenvalue weighted by molar-refractivity contribution is 0.539. The Hall–Kier alpha value is -2.13. The van der Waals surface area contributed by atoms with Gasteiger partial charge >= 0.3 is 0 Å². The van der Waals surface area contributed by atoms with Crippen LogP contribution in [0.3, 0.4) is 0 Å². The summed E-state index contributed by atoms with van der Waals surface area (Å²) in [5, 5.41) is 9.73. The van der Waals surface area contributed by atoms with Crippen molar-refractivity contribution in [3.8, 4) is 0 Å². The summed E-state index contributed by atoms with van der Waals surface area (Å²) < 4.78 is 29.9. The van der Waals surface area contributed by atoms with Gasteiger partial charge in [0.25, 0.3) is 0 Å². The van der Waals surface area contributed by atoms with Crippen LogP contribution in [0.4, 0.5) is 0 Å². The van der Waals surface area contributed by atoms with Crippen LogP contribution in [-0.4, -0.2) is 28.9 Å². The summed E-state index contributed by atoms with van der Waals surface area (Å²) in [6.45, 7) is 4.38. The van der Waals surface area contributed by atoms with E-state index in [1.807, 2.05) is 41.8 Å². The molecule has 0 saturated heterocycles. The molecule has 1 heterocycles. The van der Waals surface area contributed by atoms with Gasteiger partial charge in [0.1, 0.15) is 0 Å². The lowest BCUT2D eigenvalue weighted by Gasteiger charge is -2.15. The van der Waals surface area contributed by atoms with Gasteiger partial charge < -0.3 is 4.57 Å². The van der Waals surface area contributed by atoms with Gasteiger partial charge in [0.2, 0.25) is 10.0 Å². The van der Waals surface area contributed by atoms with Crippen molar-refractivity contribution in [3.05, 3.63) is 77.1 Å². The number of nitrogens with one attached hydrogen (secondary N) is 1. The third kappa shape index (κ3) is 5.72. The molecule has 3 aromatic rings. The lowest BCUT2D eigenvalue weighted by atomic mass is 10.2. The van der Waals surface area contributed by atoms with Crippen molar-refractivity contribution in [1.82, 2.24) is 19.5 Å². The molecule has 1 N–H and O–H groups in total. The maximum Gasteiger partial charge on any atom is 0.241 e. The highest BCUT2D eigenvalue weighted by molar-refractivity contribution is 7.99. The SMILES string of the molecule is CCn1c(SC/C=C/c2ccccc2)nnc1[C@@H](C)NS(=O)(=O)c1ccc(Cl)cc1. The summed E-state index contributed by atoms with van der Waals surface area (Å²) >= 11 is 7.40. The summed E-state index contributed by atoms with van der Waals surface area (Å²) in [5.74, 6) is 1.31. The Bertz CT molecular complexity index is 1100. The molecule has 0 spiro atoms. The largest absolute Gasteiger partial charge is 0.305 e. The molecule has 0 radical (unpaired) electrons. The van der Waals surface area contributed by atoms with Crippen molar-refractivity contribution in [3.63, 3.8) is 0 Å². The number of halogens is 1. The number of nitrogens with zero attached hydrogens (tertiary/aromatic N) is 3. The fraction of sp³-hybridized carbons (Fsp3) is 0.238. The van der Waals surface area contributed by atoms with Gasteiger partial charge in [-0.25, -0.2) is 13.1 Å². The van der Waals surface area contributed by atoms with Crippen LogP contribution in [0.5, 0.6) is 0 Å². The molecule has 0 aliphatic carbocycles. The van der Waals surface area contributed by atoms with Gasteiger partial charge in [0, 0.05) is 17.3 Å². The molecule has 1 aromatic heterocycles. The van der Waals surface area contributed by atoms with Crippen molar-refractivity contribution in [1.29, 1.82) is 0 Å². The first-order chi connectivity index (χ1) is 14.4. The number of hydrogen-bond donors (Lipinski definition) is 1. The average Bonchev–Trinajstić information content (AvgIpc) is 3.15. The van der Waals surface area contributed by atoms with Crippen LogP contribution in [0.1, 0.15) is 31.3 Å². The highest BCUT2D eigenvalue weighted by Gasteiger charge is 2.23. The average molecular weight is 463 g/mol. The first-order valence-corrected chi connectivity index (χ1v) is 12.3. The predicted octanol–water partition coefficient (Wildman–Crippen LogP) is 4.80. The summed E-state index contributed by atoms with van der Waals surface area (Å²) in [7, 11) is -3.70. The molecule has 3 rings (SSSR count). The molecule has 0 bridgehead atoms. The number of rotatable bonds is 9. The van der Waals surface area contributed by atoms with Gasteiger partial charge in [-0.15, -0.1) is 10.2 Å². The van der Waals surface area contributed by atoms with Crippen molar-refractivity contribution >= 4 is 39.5 Å². The fourth-order valence-corrected chi connectivity index (χ4v) is 5.01. The van der Waals surface area contributed by atoms with Gasteiger partial charge in [-0.2, -0.15) is 0 Å². The standard InChI is InChI=1S/C21H23ClN4O2S2/c1-3-26-20(16(2)25-30(27,28)19-13-11-18(22)12-14-19)23-24-21(26)29-15-7-10-17-8-5-4-6-9-17/h4-14,16,25H,3,15H2,1-2H3/b10-7+/t16-/m1/s1. The van der Waals surface area contributed by atoms with Crippen molar-refractivity contribution in [2.24, 2.45) is 0 Å². The first kappa shape index (κ1) is 22.6. The topological polar surface area (TPSA) is 76.9 Å². The Morgan fingerprint density at radius 1 is 1.13 bits per heavy atom. The smallest absolute Gasteiger partial charge is 0.241 e. The normalized spacial score (nSPS) is 13.0. The van der Waals surface area contributed by atoms with Crippen molar-refractivity contribution in [2.75, 3.05) is 5.75 Å². The molecule has 0 amide bonds. The molecule has 30 heavy (non-hydrogen) atoms. The van der Waals surface area contributed by atoms with Crippen LogP contribution >= 0.6 is 23.4 Å². The van der Waals surface area contributed by atoms with E-state index in [4.69, 9.17) is 11.6 Å². The highest BCUT2D eigenvalue weighted by Crippen LogP contribution is 2.23. The second-order valence-corrected chi connectivity index (χ2v) is 9.64. The minimum absolute atomic E-state index is 0.155. The molecule has 0 aliphatic rings. The van der Waals surface area contributed by atoms with Gasteiger partial charge in [0.05, 0.1) is 10.9 Å². The Balaban J connectivity index is 1.68. The van der Waals surface area contributed by atoms with E-state index < -0.39 is 16.1 Å². The number of benzene rings is 2. The number of hydrogen-bond acceptors (Lipinski definition) is 5. The van der Waals surface area contributed by atoms with Gasteiger partial charge in [0.15, 0.2) is 11.0 Å². The fourth-order valence-electron chi connectivity index (χ4n) is 2.86. The van der Waals surface area contributed by atoms with Crippen LogP contribution in [0.2, 0.25) is 5.02 Å². The van der Waals surface area contributed by atoms with Gasteiger partial charge in [-0.1, -0.05) is 65.8 Å². The molecule has 0 aliphatic heterocycles. The third-order valence-corrected chi connectivity index (χ3v) is 7.05. The molecular formula is C21H23ClN4O2S2. The molecule has 158 valence electrons. The minimum Gasteiger partial charge on any atom is -0.305 e. The zero-order chi connectivity index (χ0) is 21.6. The predicted molar refractivity (Wildman–Crippen MR) is 122 cm³/mol. The van der Waals surface area contributed by atoms with E-state index in [1.165, 1.54) is 12.1 Å². The zero-order valence-corrected chi connectivity index (χ0v) is 19.1. The van der Waals surface area contributed by atoms with E-state index in [0.29, 0.717) is 17.4 Å². The van der Waals surface area contributed by atoms with Gasteiger partial charge in [-0.3, -0.25) is 0 Å². The second-order valence-electron chi connectivity index (χ2n) is 6.51. The van der Waals surface area contributed by atoms with E-state index in [9.17, 15) is 8.42 Å². The molecule has 2 aromatic carbocycles. The molecule has 6 nitrogen and oxygen atoms in total. The molecular weight excluding hydrogens is 440 g/mol. The van der Waals surface area contributed by atoms with E-state index in [2.05, 4.69) is 27.1 Å². The maximum atomic E-state index is 12.7. The number of thioether (sulfide) groups is 1. The number of aromatic nitrogens is 3. The second kappa shape index (κ2) is 10.3. The Morgan fingerprint density at radius 2 is 1.83 bits per heavy atom. The van der Waals surface area contributed by atoms with E-state index in [1.54, 1.807) is 30.8 Å². The molecule has 0 fully saturated rings. The van der Waals surface area contributed by atoms with Crippen LogP contribution in [-0.2, 0) is 16.6 Å². The summed E-state index contributed by atoms with van der Waals surface area (Å²) in [6.07, 6.45) is 4.13. The van der Waals surface area contributed by atoms with Crippen LogP contribution in [0.25, 0.3) is 6.08 Å². The molecule has 0 saturated carbocycles. The lowest BCUT2D eigenvalue weighted by Crippen LogP contribution is -2.29.